The molecule has 10 heavy (non-hydrogen) atoms. The molecule has 0 unspecified atom stereocenters. The fourth-order valence-electron chi connectivity index (χ4n) is 0.732. The van der Waals surface area contributed by atoms with Crippen molar-refractivity contribution in [3.8, 4) is 0 Å². The van der Waals surface area contributed by atoms with Gasteiger partial charge in [-0.15, -0.1) is 0 Å². The minimum absolute atomic E-state index is 0.192. The van der Waals surface area contributed by atoms with Crippen LogP contribution in [0.4, 0.5) is 0 Å². The molecule has 0 spiro atoms. The van der Waals surface area contributed by atoms with E-state index < -0.39 is 0 Å². The maximum Gasteiger partial charge on any atom is 0.135 e. The summed E-state index contributed by atoms with van der Waals surface area (Å²) in [6.45, 7) is 4.57. The number of hydrogen-bond acceptors (Lipinski definition) is 2. The van der Waals surface area contributed by atoms with Crippen molar-refractivity contribution in [3.63, 3.8) is 0 Å². The second-order valence-electron chi connectivity index (χ2n) is 2.87. The Labute approximate surface area is 62.8 Å². The van der Waals surface area contributed by atoms with Crippen LogP contribution in [0.25, 0.3) is 0 Å². The molecule has 0 atom stereocenters. The topological polar surface area (TPSA) is 43.1 Å². The number of hydrogen-bond donors (Lipinski definition) is 1. The number of carbonyl (C=O) groups excluding carboxylic acids is 1. The molecule has 0 radical (unpaired) electrons. The summed E-state index contributed by atoms with van der Waals surface area (Å²) in [5.74, 6) is 0.547. The molecule has 0 saturated carbocycles. The average Bonchev–Trinajstić information content (AvgIpc) is 1.88. The standard InChI is InChI=1S/C8H17NO/c1-7(2)8(10)5-3-4-6-9/h7H,3-6,9H2,1-2H3. The van der Waals surface area contributed by atoms with Gasteiger partial charge >= 0.3 is 0 Å². The molecule has 0 heterocycles. The Kier molecular flexibility index (Phi) is 5.22. The third-order valence-electron chi connectivity index (χ3n) is 1.52. The van der Waals surface area contributed by atoms with Crippen molar-refractivity contribution < 1.29 is 4.79 Å². The van der Waals surface area contributed by atoms with Gasteiger partial charge in [0.25, 0.3) is 0 Å². The van der Waals surface area contributed by atoms with Crippen LogP contribution < -0.4 is 5.73 Å². The minimum Gasteiger partial charge on any atom is -0.330 e. The van der Waals surface area contributed by atoms with E-state index in [4.69, 9.17) is 5.73 Å². The first-order chi connectivity index (χ1) is 4.68. The first-order valence-corrected chi connectivity index (χ1v) is 3.91. The lowest BCUT2D eigenvalue weighted by atomic mass is 10.0. The van der Waals surface area contributed by atoms with E-state index in [2.05, 4.69) is 0 Å². The van der Waals surface area contributed by atoms with Crippen LogP contribution in [0.15, 0.2) is 0 Å². The van der Waals surface area contributed by atoms with Crippen LogP contribution >= 0.6 is 0 Å². The lowest BCUT2D eigenvalue weighted by Crippen LogP contribution is -2.07. The molecular formula is C8H17NO. The molecule has 0 aromatic heterocycles. The molecule has 0 bridgehead atoms. The van der Waals surface area contributed by atoms with Crippen LogP contribution in [-0.2, 0) is 4.79 Å². The first kappa shape index (κ1) is 9.63. The van der Waals surface area contributed by atoms with Crippen molar-refractivity contribution in [2.45, 2.75) is 33.1 Å². The molecule has 0 aliphatic carbocycles. The van der Waals surface area contributed by atoms with Gasteiger partial charge in [0.15, 0.2) is 0 Å². The van der Waals surface area contributed by atoms with Crippen molar-refractivity contribution in [2.75, 3.05) is 6.54 Å². The van der Waals surface area contributed by atoms with Gasteiger partial charge in [0.1, 0.15) is 5.78 Å². The summed E-state index contributed by atoms with van der Waals surface area (Å²) in [5.41, 5.74) is 5.28. The Morgan fingerprint density at radius 3 is 2.40 bits per heavy atom. The lowest BCUT2D eigenvalue weighted by Gasteiger charge is -2.01. The van der Waals surface area contributed by atoms with E-state index in [1.807, 2.05) is 13.8 Å². The van der Waals surface area contributed by atoms with Crippen LogP contribution in [0.1, 0.15) is 33.1 Å². The summed E-state index contributed by atoms with van der Waals surface area (Å²) in [6.07, 6.45) is 2.63. The normalized spacial score (nSPS) is 10.4. The van der Waals surface area contributed by atoms with Gasteiger partial charge in [0.2, 0.25) is 0 Å². The Bertz CT molecular complexity index is 99.4. The maximum atomic E-state index is 11.0. The number of ketones is 1. The SMILES string of the molecule is CC(C)C(=O)CCCCN. The van der Waals surface area contributed by atoms with Gasteiger partial charge in [0.05, 0.1) is 0 Å². The third-order valence-corrected chi connectivity index (χ3v) is 1.52. The third kappa shape index (κ3) is 4.50. The molecule has 0 fully saturated rings. The van der Waals surface area contributed by atoms with Crippen LogP contribution in [0.5, 0.6) is 0 Å². The predicted molar refractivity (Wildman–Crippen MR) is 42.8 cm³/mol. The Morgan fingerprint density at radius 2 is 2.00 bits per heavy atom. The van der Waals surface area contributed by atoms with Gasteiger partial charge in [-0.05, 0) is 19.4 Å². The molecule has 0 rings (SSSR count). The van der Waals surface area contributed by atoms with Gasteiger partial charge in [-0.3, -0.25) is 4.79 Å². The molecule has 0 aliphatic rings. The Morgan fingerprint density at radius 1 is 1.40 bits per heavy atom. The van der Waals surface area contributed by atoms with Gasteiger partial charge in [-0.2, -0.15) is 0 Å². The van der Waals surface area contributed by atoms with E-state index in [1.54, 1.807) is 0 Å². The molecule has 0 aromatic carbocycles. The molecule has 2 N–H and O–H groups in total. The average molecular weight is 143 g/mol. The van der Waals surface area contributed by atoms with Crippen LogP contribution in [0.2, 0.25) is 0 Å². The van der Waals surface area contributed by atoms with Crippen molar-refractivity contribution >= 4 is 5.78 Å². The second-order valence-corrected chi connectivity index (χ2v) is 2.87. The number of unbranched alkanes of at least 4 members (excludes halogenated alkanes) is 1. The Hall–Kier alpha value is -0.370. The molecule has 2 heteroatoms. The molecule has 0 amide bonds. The van der Waals surface area contributed by atoms with Gasteiger partial charge < -0.3 is 5.73 Å². The number of carbonyl (C=O) groups is 1. The summed E-state index contributed by atoms with van der Waals surface area (Å²) in [5, 5.41) is 0. The fourth-order valence-corrected chi connectivity index (χ4v) is 0.732. The molecule has 0 aliphatic heterocycles. The van der Waals surface area contributed by atoms with E-state index in [-0.39, 0.29) is 5.92 Å². The predicted octanol–water partition coefficient (Wildman–Crippen LogP) is 1.34. The molecule has 60 valence electrons. The summed E-state index contributed by atoms with van der Waals surface area (Å²) in [4.78, 5) is 11.0. The van der Waals surface area contributed by atoms with Crippen molar-refractivity contribution in [1.29, 1.82) is 0 Å². The molecular weight excluding hydrogens is 126 g/mol. The summed E-state index contributed by atoms with van der Waals surface area (Å²) >= 11 is 0. The van der Waals surface area contributed by atoms with Crippen LogP contribution in [0.3, 0.4) is 0 Å². The van der Waals surface area contributed by atoms with Crippen LogP contribution in [0, 0.1) is 5.92 Å². The summed E-state index contributed by atoms with van der Waals surface area (Å²) < 4.78 is 0. The smallest absolute Gasteiger partial charge is 0.135 e. The maximum absolute atomic E-state index is 11.0. The van der Waals surface area contributed by atoms with E-state index >= 15 is 0 Å². The van der Waals surface area contributed by atoms with Crippen molar-refractivity contribution in [3.05, 3.63) is 0 Å². The zero-order valence-electron chi connectivity index (χ0n) is 6.89. The highest BCUT2D eigenvalue weighted by atomic mass is 16.1. The zero-order valence-corrected chi connectivity index (χ0v) is 6.89. The van der Waals surface area contributed by atoms with E-state index in [9.17, 15) is 4.79 Å². The number of rotatable bonds is 5. The molecule has 2 nitrogen and oxygen atoms in total. The van der Waals surface area contributed by atoms with Crippen molar-refractivity contribution in [2.24, 2.45) is 11.7 Å². The van der Waals surface area contributed by atoms with E-state index in [1.165, 1.54) is 0 Å². The monoisotopic (exact) mass is 143 g/mol. The van der Waals surface area contributed by atoms with E-state index in [0.29, 0.717) is 18.7 Å². The van der Waals surface area contributed by atoms with Gasteiger partial charge in [-0.25, -0.2) is 0 Å². The number of nitrogens with two attached hydrogens (primary N) is 1. The highest BCUT2D eigenvalue weighted by Crippen LogP contribution is 2.02. The molecule has 0 aromatic rings. The number of Topliss-reactive ketones (excluding diaryl/α,β-unsaturated/α-hetero) is 1. The first-order valence-electron chi connectivity index (χ1n) is 3.91. The quantitative estimate of drug-likeness (QED) is 0.590. The summed E-state index contributed by atoms with van der Waals surface area (Å²) in [6, 6.07) is 0. The zero-order chi connectivity index (χ0) is 7.98. The lowest BCUT2D eigenvalue weighted by molar-refractivity contribution is -0.122. The minimum atomic E-state index is 0.192. The largest absolute Gasteiger partial charge is 0.330 e. The Balaban J connectivity index is 3.22. The second kappa shape index (κ2) is 5.42. The highest BCUT2D eigenvalue weighted by Gasteiger charge is 2.04. The van der Waals surface area contributed by atoms with Crippen LogP contribution in [-0.4, -0.2) is 12.3 Å². The summed E-state index contributed by atoms with van der Waals surface area (Å²) in [7, 11) is 0. The van der Waals surface area contributed by atoms with E-state index in [0.717, 1.165) is 12.8 Å². The van der Waals surface area contributed by atoms with Gasteiger partial charge in [-0.1, -0.05) is 13.8 Å². The highest BCUT2D eigenvalue weighted by molar-refractivity contribution is 5.80. The fraction of sp³-hybridized carbons (Fsp3) is 0.875. The molecule has 0 saturated heterocycles. The van der Waals surface area contributed by atoms with Gasteiger partial charge in [0, 0.05) is 12.3 Å². The van der Waals surface area contributed by atoms with Crippen molar-refractivity contribution in [1.82, 2.24) is 0 Å².